The number of esters is 2. The van der Waals surface area contributed by atoms with Crippen molar-refractivity contribution in [3.8, 4) is 11.5 Å². The van der Waals surface area contributed by atoms with Gasteiger partial charge in [-0.05, 0) is 103 Å². The Morgan fingerprint density at radius 2 is 1.76 bits per heavy atom. The molecular weight excluding hydrogens is 802 g/mol. The molecule has 0 unspecified atom stereocenters. The van der Waals surface area contributed by atoms with Gasteiger partial charge in [0.15, 0.2) is 16.3 Å². The number of benzene rings is 3. The molecule has 0 bridgehead atoms. The average Bonchev–Trinajstić information content (AvgIpc) is 3.35. The largest absolute Gasteiger partial charge is 0.490 e. The van der Waals surface area contributed by atoms with E-state index in [1.807, 2.05) is 25.1 Å². The zero-order chi connectivity index (χ0) is 35.4. The highest BCUT2D eigenvalue weighted by Crippen LogP contribution is 2.36. The number of thiazole rings is 1. The maximum Gasteiger partial charge on any atom is 0.338 e. The molecule has 1 atom stereocenters. The smallest absolute Gasteiger partial charge is 0.338 e. The van der Waals surface area contributed by atoms with Crippen LogP contribution in [0.1, 0.15) is 56.0 Å². The first kappa shape index (κ1) is 36.6. The highest BCUT2D eigenvalue weighted by molar-refractivity contribution is 14.1. The van der Waals surface area contributed by atoms with Crippen molar-refractivity contribution in [3.63, 3.8) is 0 Å². The molecule has 3 aromatic carbocycles. The third-order valence-corrected chi connectivity index (χ3v) is 9.98. The Bertz CT molecular complexity index is 2120. The van der Waals surface area contributed by atoms with Gasteiger partial charge >= 0.3 is 11.9 Å². The Kier molecular flexibility index (Phi) is 11.9. The molecule has 1 aromatic heterocycles. The molecule has 4 aromatic rings. The van der Waals surface area contributed by atoms with Gasteiger partial charge in [-0.15, -0.1) is 0 Å². The number of fused-ring (bicyclic) bond motifs is 1. The van der Waals surface area contributed by atoms with Gasteiger partial charge in [-0.3, -0.25) is 14.2 Å². The van der Waals surface area contributed by atoms with E-state index in [-0.39, 0.29) is 36.2 Å². The third kappa shape index (κ3) is 8.39. The second-order valence-corrected chi connectivity index (χ2v) is 14.3. The molecule has 0 aliphatic carbocycles. The van der Waals surface area contributed by atoms with E-state index in [1.165, 1.54) is 23.0 Å². The molecule has 0 N–H and O–H groups in total. The third-order valence-electron chi connectivity index (χ3n) is 7.45. The highest BCUT2D eigenvalue weighted by Gasteiger charge is 2.34. The second-order valence-electron chi connectivity index (χ2n) is 11.3. The Hall–Kier alpha value is -3.65. The minimum atomic E-state index is -0.798. The van der Waals surface area contributed by atoms with Crippen LogP contribution >= 0.6 is 57.1 Å². The fourth-order valence-electron chi connectivity index (χ4n) is 5.24. The SMILES string of the molecule is CCOc1cc(/C=c2/sc3n(c2=O)[C@H](c2ccc(CC(=O)OC)cc2)C(C(=O)OC(C)C)=C(C)N=3)cc(I)c1OCc1ccc(Cl)c(Cl)c1. The van der Waals surface area contributed by atoms with Crippen LogP contribution in [0, 0.1) is 3.57 Å². The summed E-state index contributed by atoms with van der Waals surface area (Å²) in [5, 5.41) is 0.905. The number of ether oxygens (including phenoxy) is 4. The van der Waals surface area contributed by atoms with Crippen molar-refractivity contribution in [3.05, 3.63) is 121 Å². The van der Waals surface area contributed by atoms with Crippen LogP contribution in [0.25, 0.3) is 6.08 Å². The van der Waals surface area contributed by atoms with Crippen molar-refractivity contribution in [2.75, 3.05) is 13.7 Å². The first-order valence-electron chi connectivity index (χ1n) is 15.3. The number of methoxy groups -OCH3 is 1. The monoisotopic (exact) mass is 834 g/mol. The molecule has 1 aliphatic rings. The van der Waals surface area contributed by atoms with E-state index >= 15 is 0 Å². The van der Waals surface area contributed by atoms with Crippen molar-refractivity contribution in [2.45, 2.75) is 52.9 Å². The van der Waals surface area contributed by atoms with Gasteiger partial charge in [0.2, 0.25) is 0 Å². The predicted octanol–water partition coefficient (Wildman–Crippen LogP) is 6.79. The Morgan fingerprint density at radius 3 is 2.41 bits per heavy atom. The summed E-state index contributed by atoms with van der Waals surface area (Å²) in [6.45, 7) is 7.79. The first-order valence-corrected chi connectivity index (χ1v) is 18.0. The van der Waals surface area contributed by atoms with Gasteiger partial charge in [0.25, 0.3) is 5.56 Å². The molecule has 9 nitrogen and oxygen atoms in total. The van der Waals surface area contributed by atoms with E-state index < -0.39 is 12.0 Å². The Balaban J connectivity index is 1.57. The number of hydrogen-bond donors (Lipinski definition) is 0. The van der Waals surface area contributed by atoms with Crippen molar-refractivity contribution in [1.29, 1.82) is 0 Å². The second kappa shape index (κ2) is 15.9. The number of carbonyl (C=O) groups is 2. The van der Waals surface area contributed by atoms with Crippen LogP contribution < -0.4 is 24.4 Å². The molecule has 49 heavy (non-hydrogen) atoms. The molecule has 0 radical (unpaired) electrons. The maximum absolute atomic E-state index is 14.2. The van der Waals surface area contributed by atoms with Crippen LogP contribution in [-0.4, -0.2) is 36.3 Å². The molecule has 13 heteroatoms. The lowest BCUT2D eigenvalue weighted by Gasteiger charge is -2.25. The van der Waals surface area contributed by atoms with Crippen LogP contribution in [0.4, 0.5) is 0 Å². The van der Waals surface area contributed by atoms with Crippen molar-refractivity contribution in [2.24, 2.45) is 4.99 Å². The predicted molar refractivity (Wildman–Crippen MR) is 198 cm³/mol. The molecule has 0 saturated heterocycles. The number of carbonyl (C=O) groups excluding carboxylic acids is 2. The maximum atomic E-state index is 14.2. The number of aromatic nitrogens is 1. The summed E-state index contributed by atoms with van der Waals surface area (Å²) >= 11 is 15.7. The fraction of sp³-hybridized carbons (Fsp3) is 0.278. The number of rotatable bonds is 11. The number of allylic oxidation sites excluding steroid dienone is 1. The minimum Gasteiger partial charge on any atom is -0.490 e. The van der Waals surface area contributed by atoms with Crippen LogP contribution in [-0.2, 0) is 32.1 Å². The molecule has 5 rings (SSSR count). The summed E-state index contributed by atoms with van der Waals surface area (Å²) in [6.07, 6.45) is 1.50. The number of hydrogen-bond acceptors (Lipinski definition) is 9. The van der Waals surface area contributed by atoms with Gasteiger partial charge in [-0.2, -0.15) is 0 Å². The highest BCUT2D eigenvalue weighted by atomic mass is 127. The molecule has 0 saturated carbocycles. The lowest BCUT2D eigenvalue weighted by Crippen LogP contribution is -2.40. The molecule has 0 amide bonds. The standard InChI is InChI=1S/C36H33Cl2IN2O7S/c1-6-46-28-15-23(14-27(39)33(28)47-18-22-9-12-25(37)26(38)13-22)16-29-34(43)41-32(24-10-7-21(8-11-24)17-30(42)45-5)31(35(44)48-19(2)3)20(4)40-36(41)49-29/h7-16,19,32H,6,17-18H2,1-5H3/b29-16+/t32-/m1/s1. The minimum absolute atomic E-state index is 0.0957. The first-order chi connectivity index (χ1) is 23.4. The summed E-state index contributed by atoms with van der Waals surface area (Å²) < 4.78 is 25.2. The quantitative estimate of drug-likeness (QED) is 0.121. The summed E-state index contributed by atoms with van der Waals surface area (Å²) in [5.74, 6) is 0.159. The van der Waals surface area contributed by atoms with Gasteiger partial charge in [0, 0.05) is 0 Å². The van der Waals surface area contributed by atoms with Crippen LogP contribution in [0.5, 0.6) is 11.5 Å². The van der Waals surface area contributed by atoms with Gasteiger partial charge < -0.3 is 18.9 Å². The van der Waals surface area contributed by atoms with Crippen LogP contribution in [0.2, 0.25) is 10.0 Å². The van der Waals surface area contributed by atoms with Crippen molar-refractivity contribution >= 4 is 75.1 Å². The van der Waals surface area contributed by atoms with Crippen LogP contribution in [0.15, 0.2) is 75.7 Å². The molecule has 1 aliphatic heterocycles. The lowest BCUT2D eigenvalue weighted by atomic mass is 9.94. The fourth-order valence-corrected chi connectivity index (χ4v) is 7.39. The molecule has 256 valence electrons. The number of nitrogens with zero attached hydrogens (tertiary/aromatic N) is 2. The van der Waals surface area contributed by atoms with Gasteiger partial charge in [0.05, 0.1) is 61.7 Å². The van der Waals surface area contributed by atoms with E-state index in [0.29, 0.717) is 48.7 Å². The van der Waals surface area contributed by atoms with E-state index in [9.17, 15) is 14.4 Å². The van der Waals surface area contributed by atoms with E-state index in [4.69, 9.17) is 42.1 Å². The lowest BCUT2D eigenvalue weighted by molar-refractivity contribution is -0.143. The summed E-state index contributed by atoms with van der Waals surface area (Å²) in [7, 11) is 1.34. The van der Waals surface area contributed by atoms with Gasteiger partial charge in [-0.1, -0.05) is 64.9 Å². The summed E-state index contributed by atoms with van der Waals surface area (Å²) in [5.41, 5.74) is 3.38. The van der Waals surface area contributed by atoms with Gasteiger partial charge in [0.1, 0.15) is 6.61 Å². The summed E-state index contributed by atoms with van der Waals surface area (Å²) in [6, 6.07) is 15.4. The normalized spacial score (nSPS) is 14.4. The van der Waals surface area contributed by atoms with Gasteiger partial charge in [-0.25, -0.2) is 9.79 Å². The van der Waals surface area contributed by atoms with Crippen molar-refractivity contribution < 1.29 is 28.5 Å². The molecule has 0 fully saturated rings. The summed E-state index contributed by atoms with van der Waals surface area (Å²) in [4.78, 5) is 44.6. The zero-order valence-electron chi connectivity index (χ0n) is 27.3. The zero-order valence-corrected chi connectivity index (χ0v) is 31.8. The van der Waals surface area contributed by atoms with E-state index in [0.717, 1.165) is 20.3 Å². The van der Waals surface area contributed by atoms with E-state index in [2.05, 4.69) is 27.6 Å². The Labute approximate surface area is 310 Å². The van der Waals surface area contributed by atoms with E-state index in [1.54, 1.807) is 63.2 Å². The molecule has 0 spiro atoms. The number of halogens is 3. The average molecular weight is 836 g/mol. The van der Waals surface area contributed by atoms with Crippen molar-refractivity contribution in [1.82, 2.24) is 4.57 Å². The Morgan fingerprint density at radius 1 is 1.04 bits per heavy atom. The molecular formula is C36H33Cl2IN2O7S. The topological polar surface area (TPSA) is 105 Å². The molecule has 2 heterocycles. The van der Waals surface area contributed by atoms with Crippen LogP contribution in [0.3, 0.4) is 0 Å².